The predicted octanol–water partition coefficient (Wildman–Crippen LogP) is 2.72. The minimum Gasteiger partial charge on any atom is -0.388 e. The molecule has 4 atom stereocenters. The Labute approximate surface area is 135 Å². The van der Waals surface area contributed by atoms with Gasteiger partial charge in [-0.2, -0.15) is 0 Å². The van der Waals surface area contributed by atoms with E-state index in [4.69, 9.17) is 15.2 Å². The molecular weight excluding hydrogens is 278 g/mol. The molecule has 3 saturated carbocycles. The van der Waals surface area contributed by atoms with Crippen LogP contribution in [0.3, 0.4) is 0 Å². The summed E-state index contributed by atoms with van der Waals surface area (Å²) in [6, 6.07) is 0. The molecule has 4 unspecified atom stereocenters. The summed E-state index contributed by atoms with van der Waals surface area (Å²) in [5.41, 5.74) is 4.86. The number of fused-ring (bicyclic) bond motifs is 2. The topological polar surface area (TPSA) is 64.7 Å². The number of rotatable bonds is 8. The maximum Gasteiger partial charge on any atom is 0.0875 e. The number of hydrogen-bond donors (Lipinski definition) is 2. The highest BCUT2D eigenvalue weighted by molar-refractivity contribution is 5.18. The summed E-state index contributed by atoms with van der Waals surface area (Å²) in [5.74, 6) is 0.972. The van der Waals surface area contributed by atoms with E-state index in [0.717, 1.165) is 25.7 Å². The number of ether oxygens (including phenoxy) is 2. The second kappa shape index (κ2) is 6.39. The summed E-state index contributed by atoms with van der Waals surface area (Å²) < 4.78 is 12.4. The Kier molecular flexibility index (Phi) is 5.28. The summed E-state index contributed by atoms with van der Waals surface area (Å²) in [6.07, 6.45) is 3.88. The first-order chi connectivity index (χ1) is 10.3. The Balaban J connectivity index is 2.11. The maximum absolute atomic E-state index is 10.6. The Morgan fingerprint density at radius 2 is 1.91 bits per heavy atom. The van der Waals surface area contributed by atoms with Gasteiger partial charge in [0.05, 0.1) is 30.5 Å². The van der Waals surface area contributed by atoms with Crippen molar-refractivity contribution < 1.29 is 14.6 Å². The zero-order valence-electron chi connectivity index (χ0n) is 15.0. The second-order valence-electron chi connectivity index (χ2n) is 7.95. The molecule has 3 N–H and O–H groups in total. The average Bonchev–Trinajstić information content (AvgIpc) is 2.51. The van der Waals surface area contributed by atoms with E-state index in [1.54, 1.807) is 0 Å². The Bertz CT molecular complexity index is 381. The van der Waals surface area contributed by atoms with Crippen LogP contribution < -0.4 is 5.73 Å². The van der Waals surface area contributed by atoms with Crippen LogP contribution in [0.5, 0.6) is 0 Å². The fourth-order valence-electron chi connectivity index (χ4n) is 4.56. The predicted molar refractivity (Wildman–Crippen MR) is 88.7 cm³/mol. The standard InChI is InChI=1S/C18H35NO3/c1-6-17(20,7-2)12-22-18-11-14(16(18,4)5)10-15(13(18)3)21-9-8-19/h13-15,20H,6-12,19H2,1-5H3. The van der Waals surface area contributed by atoms with Crippen molar-refractivity contribution >= 4 is 0 Å². The largest absolute Gasteiger partial charge is 0.388 e. The van der Waals surface area contributed by atoms with Crippen LogP contribution in [-0.2, 0) is 9.47 Å². The zero-order valence-corrected chi connectivity index (χ0v) is 15.0. The van der Waals surface area contributed by atoms with Gasteiger partial charge in [0, 0.05) is 12.5 Å². The first-order valence-electron chi connectivity index (χ1n) is 8.94. The summed E-state index contributed by atoms with van der Waals surface area (Å²) in [5, 5.41) is 10.6. The summed E-state index contributed by atoms with van der Waals surface area (Å²) >= 11 is 0. The highest BCUT2D eigenvalue weighted by Crippen LogP contribution is 2.66. The van der Waals surface area contributed by atoms with E-state index in [9.17, 15) is 5.11 Å². The molecule has 3 aliphatic rings. The third-order valence-corrected chi connectivity index (χ3v) is 6.84. The van der Waals surface area contributed by atoms with Crippen LogP contribution in [0.15, 0.2) is 0 Å². The van der Waals surface area contributed by atoms with Crippen LogP contribution in [0.25, 0.3) is 0 Å². The Morgan fingerprint density at radius 3 is 2.41 bits per heavy atom. The molecule has 4 heteroatoms. The van der Waals surface area contributed by atoms with E-state index < -0.39 is 5.60 Å². The molecule has 0 aromatic heterocycles. The monoisotopic (exact) mass is 313 g/mol. The highest BCUT2D eigenvalue weighted by atomic mass is 16.5. The lowest BCUT2D eigenvalue weighted by Gasteiger charge is -2.69. The Hall–Kier alpha value is -0.160. The fraction of sp³-hybridized carbons (Fsp3) is 1.00. The van der Waals surface area contributed by atoms with Crippen LogP contribution in [0.4, 0.5) is 0 Å². The molecule has 0 amide bonds. The van der Waals surface area contributed by atoms with Gasteiger partial charge in [-0.25, -0.2) is 0 Å². The van der Waals surface area contributed by atoms with Gasteiger partial charge >= 0.3 is 0 Å². The maximum atomic E-state index is 10.6. The van der Waals surface area contributed by atoms with Crippen LogP contribution in [0.2, 0.25) is 0 Å². The van der Waals surface area contributed by atoms with Gasteiger partial charge in [-0.15, -0.1) is 0 Å². The van der Waals surface area contributed by atoms with E-state index in [1.807, 2.05) is 13.8 Å². The van der Waals surface area contributed by atoms with E-state index >= 15 is 0 Å². The molecule has 0 aliphatic heterocycles. The van der Waals surface area contributed by atoms with Crippen molar-refractivity contribution in [3.05, 3.63) is 0 Å². The quantitative estimate of drug-likeness (QED) is 0.723. The second-order valence-corrected chi connectivity index (χ2v) is 7.95. The molecule has 3 rings (SSSR count). The molecule has 3 fully saturated rings. The third-order valence-electron chi connectivity index (χ3n) is 6.84. The van der Waals surface area contributed by atoms with E-state index in [2.05, 4.69) is 20.8 Å². The van der Waals surface area contributed by atoms with Crippen molar-refractivity contribution in [3.63, 3.8) is 0 Å². The molecule has 0 spiro atoms. The lowest BCUT2D eigenvalue weighted by molar-refractivity contribution is -0.317. The molecule has 4 nitrogen and oxygen atoms in total. The van der Waals surface area contributed by atoms with Crippen molar-refractivity contribution in [1.82, 2.24) is 0 Å². The highest BCUT2D eigenvalue weighted by Gasteiger charge is 2.68. The molecule has 0 saturated heterocycles. The summed E-state index contributed by atoms with van der Waals surface area (Å²) in [6.45, 7) is 12.5. The van der Waals surface area contributed by atoms with E-state index in [0.29, 0.717) is 31.6 Å². The van der Waals surface area contributed by atoms with Crippen molar-refractivity contribution in [2.45, 2.75) is 77.6 Å². The van der Waals surface area contributed by atoms with Gasteiger partial charge < -0.3 is 20.3 Å². The number of aliphatic hydroxyl groups is 1. The summed E-state index contributed by atoms with van der Waals surface area (Å²) in [7, 11) is 0. The summed E-state index contributed by atoms with van der Waals surface area (Å²) in [4.78, 5) is 0. The van der Waals surface area contributed by atoms with Crippen molar-refractivity contribution in [2.24, 2.45) is 23.0 Å². The zero-order chi connectivity index (χ0) is 16.6. The Morgan fingerprint density at radius 1 is 1.27 bits per heavy atom. The molecule has 2 bridgehead atoms. The van der Waals surface area contributed by atoms with Gasteiger partial charge in [0.25, 0.3) is 0 Å². The first kappa shape index (κ1) is 18.2. The molecule has 130 valence electrons. The van der Waals surface area contributed by atoms with Crippen molar-refractivity contribution in [1.29, 1.82) is 0 Å². The molecule has 0 aromatic carbocycles. The van der Waals surface area contributed by atoms with Crippen LogP contribution in [0, 0.1) is 17.3 Å². The molecule has 3 aliphatic carbocycles. The first-order valence-corrected chi connectivity index (χ1v) is 8.94. The van der Waals surface area contributed by atoms with Gasteiger partial charge in [0.1, 0.15) is 0 Å². The lowest BCUT2D eigenvalue weighted by Crippen LogP contribution is -2.72. The van der Waals surface area contributed by atoms with Gasteiger partial charge in [0.15, 0.2) is 0 Å². The van der Waals surface area contributed by atoms with Gasteiger partial charge in [0.2, 0.25) is 0 Å². The van der Waals surface area contributed by atoms with Crippen molar-refractivity contribution in [3.8, 4) is 0 Å². The SMILES string of the molecule is CCC(O)(CC)COC12CC(CC(OCCN)C1C)C2(C)C. The smallest absolute Gasteiger partial charge is 0.0875 e. The number of hydrogen-bond acceptors (Lipinski definition) is 4. The lowest BCUT2D eigenvalue weighted by atomic mass is 9.42. The van der Waals surface area contributed by atoms with E-state index in [1.165, 1.54) is 0 Å². The van der Waals surface area contributed by atoms with Crippen LogP contribution in [-0.4, -0.2) is 42.2 Å². The average molecular weight is 313 g/mol. The molecule has 0 aromatic rings. The van der Waals surface area contributed by atoms with Gasteiger partial charge in [-0.1, -0.05) is 34.6 Å². The van der Waals surface area contributed by atoms with Gasteiger partial charge in [-0.3, -0.25) is 0 Å². The normalized spacial score (nSPS) is 37.0. The molecule has 0 radical (unpaired) electrons. The third kappa shape index (κ3) is 2.72. The van der Waals surface area contributed by atoms with Crippen LogP contribution in [0.1, 0.15) is 60.3 Å². The molecular formula is C18H35NO3. The van der Waals surface area contributed by atoms with E-state index in [-0.39, 0.29) is 17.1 Å². The molecule has 22 heavy (non-hydrogen) atoms. The molecule has 0 heterocycles. The van der Waals surface area contributed by atoms with Crippen molar-refractivity contribution in [2.75, 3.05) is 19.8 Å². The van der Waals surface area contributed by atoms with Gasteiger partial charge in [-0.05, 0) is 37.0 Å². The number of nitrogens with two attached hydrogens (primary N) is 1. The minimum absolute atomic E-state index is 0.150. The fourth-order valence-corrected chi connectivity index (χ4v) is 4.56. The van der Waals surface area contributed by atoms with Crippen LogP contribution >= 0.6 is 0 Å². The minimum atomic E-state index is -0.708.